The molecule has 0 aromatic heterocycles. The Balaban J connectivity index is 1.53. The van der Waals surface area contributed by atoms with Gasteiger partial charge in [0, 0.05) is 37.9 Å². The Bertz CT molecular complexity index is 1020. The summed E-state index contributed by atoms with van der Waals surface area (Å²) in [7, 11) is 3.48. The van der Waals surface area contributed by atoms with E-state index in [1.54, 1.807) is 37.2 Å². The average Bonchev–Trinajstić information content (AvgIpc) is 2.83. The summed E-state index contributed by atoms with van der Waals surface area (Å²) in [6, 6.07) is 12.8. The number of hydrogen-bond acceptors (Lipinski definition) is 4. The van der Waals surface area contributed by atoms with Gasteiger partial charge in [0.25, 0.3) is 5.91 Å². The van der Waals surface area contributed by atoms with Crippen LogP contribution in [0, 0.1) is 0 Å². The molecule has 0 atom stereocenters. The van der Waals surface area contributed by atoms with Crippen LogP contribution in [0.4, 0.5) is 11.4 Å². The minimum Gasteiger partial charge on any atom is -0.376 e. The summed E-state index contributed by atoms with van der Waals surface area (Å²) < 4.78 is 0. The van der Waals surface area contributed by atoms with Crippen molar-refractivity contribution >= 4 is 40.7 Å². The molecule has 1 fully saturated rings. The van der Waals surface area contributed by atoms with Gasteiger partial charge in [-0.15, -0.1) is 0 Å². The van der Waals surface area contributed by atoms with Crippen molar-refractivity contribution in [3.05, 3.63) is 58.6 Å². The van der Waals surface area contributed by atoms with Crippen LogP contribution in [0.25, 0.3) is 0 Å². The second-order valence-corrected chi connectivity index (χ2v) is 9.30. The second-order valence-electron chi connectivity index (χ2n) is 8.89. The van der Waals surface area contributed by atoms with Gasteiger partial charge in [-0.3, -0.25) is 14.4 Å². The van der Waals surface area contributed by atoms with Gasteiger partial charge in [0.15, 0.2) is 0 Å². The van der Waals surface area contributed by atoms with Crippen LogP contribution in [-0.4, -0.2) is 49.3 Å². The predicted octanol–water partition coefficient (Wildman–Crippen LogP) is 4.47. The van der Waals surface area contributed by atoms with Gasteiger partial charge in [0.05, 0.1) is 17.1 Å². The minimum atomic E-state index is -0.242. The largest absolute Gasteiger partial charge is 0.376 e. The van der Waals surface area contributed by atoms with Gasteiger partial charge < -0.3 is 20.9 Å². The summed E-state index contributed by atoms with van der Waals surface area (Å²) in [5.74, 6) is -0.377. The third-order valence-corrected chi connectivity index (χ3v) is 6.27. The second kappa shape index (κ2) is 12.4. The number of amides is 3. The first-order valence-electron chi connectivity index (χ1n) is 11.7. The van der Waals surface area contributed by atoms with E-state index in [0.29, 0.717) is 29.1 Å². The Morgan fingerprint density at radius 2 is 1.76 bits per heavy atom. The highest BCUT2D eigenvalue weighted by molar-refractivity contribution is 6.34. The zero-order chi connectivity index (χ0) is 24.5. The number of anilines is 2. The number of nitrogens with zero attached hydrogens (tertiary/aromatic N) is 1. The molecule has 2 aromatic carbocycles. The lowest BCUT2D eigenvalue weighted by Crippen LogP contribution is -2.36. The van der Waals surface area contributed by atoms with E-state index in [9.17, 15) is 14.4 Å². The van der Waals surface area contributed by atoms with Crippen LogP contribution in [0.5, 0.6) is 0 Å². The number of aryl methyl sites for hydroxylation is 1. The summed E-state index contributed by atoms with van der Waals surface area (Å²) in [4.78, 5) is 38.6. The van der Waals surface area contributed by atoms with E-state index in [2.05, 4.69) is 16.0 Å². The molecule has 3 rings (SSSR count). The van der Waals surface area contributed by atoms with Crippen molar-refractivity contribution in [1.82, 2.24) is 10.2 Å². The SMILES string of the molecule is CN(C)C(=O)CCc1cccc(NCC(=O)Nc2ccc(Cl)c(C(=O)NC3CCCCC3)c2)c1. The number of hydrogen-bond donors (Lipinski definition) is 3. The molecule has 0 saturated heterocycles. The van der Waals surface area contributed by atoms with Gasteiger partial charge in [0.2, 0.25) is 11.8 Å². The van der Waals surface area contributed by atoms with Crippen molar-refractivity contribution in [1.29, 1.82) is 0 Å². The molecule has 0 bridgehead atoms. The molecule has 1 saturated carbocycles. The number of benzene rings is 2. The maximum absolute atomic E-state index is 12.7. The Kier molecular flexibility index (Phi) is 9.33. The normalized spacial score (nSPS) is 13.7. The Labute approximate surface area is 206 Å². The topological polar surface area (TPSA) is 90.5 Å². The van der Waals surface area contributed by atoms with E-state index in [1.807, 2.05) is 24.3 Å². The highest BCUT2D eigenvalue weighted by atomic mass is 35.5. The maximum atomic E-state index is 12.7. The summed E-state index contributed by atoms with van der Waals surface area (Å²) in [6.07, 6.45) is 6.50. The summed E-state index contributed by atoms with van der Waals surface area (Å²) in [6.45, 7) is 0.0618. The molecule has 182 valence electrons. The zero-order valence-corrected chi connectivity index (χ0v) is 20.6. The lowest BCUT2D eigenvalue weighted by Gasteiger charge is -2.23. The van der Waals surface area contributed by atoms with Crippen LogP contribution in [0.15, 0.2) is 42.5 Å². The Hall–Kier alpha value is -3.06. The third-order valence-electron chi connectivity index (χ3n) is 5.94. The van der Waals surface area contributed by atoms with Gasteiger partial charge in [0.1, 0.15) is 0 Å². The van der Waals surface area contributed by atoms with Crippen molar-refractivity contribution < 1.29 is 14.4 Å². The van der Waals surface area contributed by atoms with Crippen molar-refractivity contribution in [2.75, 3.05) is 31.3 Å². The van der Waals surface area contributed by atoms with Gasteiger partial charge >= 0.3 is 0 Å². The van der Waals surface area contributed by atoms with Crippen LogP contribution in [0.3, 0.4) is 0 Å². The molecule has 7 nitrogen and oxygen atoms in total. The van der Waals surface area contributed by atoms with Crippen LogP contribution in [0.2, 0.25) is 5.02 Å². The Morgan fingerprint density at radius 3 is 2.50 bits per heavy atom. The minimum absolute atomic E-state index is 0.0618. The van der Waals surface area contributed by atoms with Crippen LogP contribution < -0.4 is 16.0 Å². The molecule has 8 heteroatoms. The number of carbonyl (C=O) groups is 3. The van der Waals surface area contributed by atoms with E-state index in [0.717, 1.165) is 36.9 Å². The molecule has 2 aromatic rings. The van der Waals surface area contributed by atoms with E-state index in [1.165, 1.54) is 6.42 Å². The highest BCUT2D eigenvalue weighted by Crippen LogP contribution is 2.23. The van der Waals surface area contributed by atoms with Crippen molar-refractivity contribution in [2.45, 2.75) is 51.0 Å². The lowest BCUT2D eigenvalue weighted by molar-refractivity contribution is -0.128. The third kappa shape index (κ3) is 7.76. The van der Waals surface area contributed by atoms with Crippen LogP contribution in [0.1, 0.15) is 54.4 Å². The number of nitrogens with one attached hydrogen (secondary N) is 3. The van der Waals surface area contributed by atoms with Gasteiger partial charge in [-0.2, -0.15) is 0 Å². The number of carbonyl (C=O) groups excluding carboxylic acids is 3. The van der Waals surface area contributed by atoms with Crippen LogP contribution >= 0.6 is 11.6 Å². The lowest BCUT2D eigenvalue weighted by atomic mass is 9.95. The Morgan fingerprint density at radius 1 is 1.00 bits per heavy atom. The quantitative estimate of drug-likeness (QED) is 0.489. The predicted molar refractivity (Wildman–Crippen MR) is 136 cm³/mol. The summed E-state index contributed by atoms with van der Waals surface area (Å²) in [5, 5.41) is 9.34. The highest BCUT2D eigenvalue weighted by Gasteiger charge is 2.19. The first-order chi connectivity index (χ1) is 16.3. The van der Waals surface area contributed by atoms with Gasteiger partial charge in [-0.25, -0.2) is 0 Å². The molecule has 0 spiro atoms. The molecule has 1 aliphatic rings. The molecule has 0 heterocycles. The molecule has 0 unspecified atom stereocenters. The fourth-order valence-electron chi connectivity index (χ4n) is 3.99. The summed E-state index contributed by atoms with van der Waals surface area (Å²) >= 11 is 6.25. The monoisotopic (exact) mass is 484 g/mol. The molecular weight excluding hydrogens is 452 g/mol. The standard InChI is InChI=1S/C26H33ClN4O3/c1-31(2)25(33)14-11-18-7-6-10-20(15-18)28-17-24(32)29-21-12-13-23(27)22(16-21)26(34)30-19-8-4-3-5-9-19/h6-7,10,12-13,15-16,19,28H,3-5,8-9,11,14,17H2,1-2H3,(H,29,32)(H,30,34). The van der Waals surface area contributed by atoms with E-state index < -0.39 is 0 Å². The van der Waals surface area contributed by atoms with Crippen molar-refractivity contribution in [2.24, 2.45) is 0 Å². The van der Waals surface area contributed by atoms with E-state index in [4.69, 9.17) is 11.6 Å². The van der Waals surface area contributed by atoms with E-state index in [-0.39, 0.29) is 30.3 Å². The molecular formula is C26H33ClN4O3. The number of halogens is 1. The summed E-state index contributed by atoms with van der Waals surface area (Å²) in [5.41, 5.74) is 2.69. The first-order valence-corrected chi connectivity index (χ1v) is 12.1. The smallest absolute Gasteiger partial charge is 0.253 e. The van der Waals surface area contributed by atoms with Crippen molar-refractivity contribution in [3.63, 3.8) is 0 Å². The van der Waals surface area contributed by atoms with Crippen LogP contribution in [-0.2, 0) is 16.0 Å². The van der Waals surface area contributed by atoms with Gasteiger partial charge in [-0.05, 0) is 55.2 Å². The molecule has 3 N–H and O–H groups in total. The van der Waals surface area contributed by atoms with E-state index >= 15 is 0 Å². The molecule has 1 aliphatic carbocycles. The molecule has 0 aliphatic heterocycles. The zero-order valence-electron chi connectivity index (χ0n) is 19.8. The molecule has 34 heavy (non-hydrogen) atoms. The van der Waals surface area contributed by atoms with Crippen molar-refractivity contribution in [3.8, 4) is 0 Å². The average molecular weight is 485 g/mol. The maximum Gasteiger partial charge on any atom is 0.253 e. The fourth-order valence-corrected chi connectivity index (χ4v) is 4.19. The molecule has 3 amide bonds. The van der Waals surface area contributed by atoms with Gasteiger partial charge in [-0.1, -0.05) is 43.0 Å². The fraction of sp³-hybridized carbons (Fsp3) is 0.423. The number of rotatable bonds is 9. The first kappa shape index (κ1) is 25.6. The molecule has 0 radical (unpaired) electrons.